The van der Waals surface area contributed by atoms with E-state index in [2.05, 4.69) is 46.9 Å². The lowest BCUT2D eigenvalue weighted by atomic mass is 9.64. The molecule has 0 spiro atoms. The van der Waals surface area contributed by atoms with E-state index in [1.807, 2.05) is 7.05 Å². The van der Waals surface area contributed by atoms with Crippen molar-refractivity contribution in [1.82, 2.24) is 5.32 Å². The smallest absolute Gasteiger partial charge is 0.0681 e. The van der Waals surface area contributed by atoms with E-state index in [0.29, 0.717) is 23.7 Å². The summed E-state index contributed by atoms with van der Waals surface area (Å²) < 4.78 is 6.34. The minimum Gasteiger partial charge on any atom is -0.392 e. The van der Waals surface area contributed by atoms with Crippen LogP contribution in [-0.2, 0) is 4.74 Å². The first kappa shape index (κ1) is 21.9. The monoisotopic (exact) mass is 341 g/mol. The Balaban J connectivity index is 2.52. The van der Waals surface area contributed by atoms with Crippen molar-refractivity contribution < 1.29 is 9.84 Å². The Bertz CT molecular complexity index is 343. The molecule has 0 aliphatic heterocycles. The van der Waals surface area contributed by atoms with Crippen LogP contribution in [0.2, 0.25) is 0 Å². The summed E-state index contributed by atoms with van der Waals surface area (Å²) in [7, 11) is 2.01. The molecular weight excluding hydrogens is 298 g/mol. The molecule has 0 aromatic carbocycles. The van der Waals surface area contributed by atoms with Gasteiger partial charge in [0.05, 0.1) is 11.7 Å². The highest BCUT2D eigenvalue weighted by Crippen LogP contribution is 2.44. The summed E-state index contributed by atoms with van der Waals surface area (Å²) in [5.41, 5.74) is -0.253. The van der Waals surface area contributed by atoms with Crippen LogP contribution in [0.4, 0.5) is 0 Å². The van der Waals surface area contributed by atoms with Crippen LogP contribution >= 0.6 is 0 Å². The first-order chi connectivity index (χ1) is 11.2. The van der Waals surface area contributed by atoms with Gasteiger partial charge in [-0.3, -0.25) is 0 Å². The van der Waals surface area contributed by atoms with Gasteiger partial charge in [0.1, 0.15) is 0 Å². The third kappa shape index (κ3) is 6.31. The van der Waals surface area contributed by atoms with Crippen molar-refractivity contribution in [1.29, 1.82) is 0 Å². The van der Waals surface area contributed by atoms with Crippen LogP contribution < -0.4 is 5.32 Å². The number of hydrogen-bond acceptors (Lipinski definition) is 3. The van der Waals surface area contributed by atoms with Crippen molar-refractivity contribution in [2.45, 2.75) is 85.4 Å². The zero-order valence-electron chi connectivity index (χ0n) is 17.3. The molecular formula is C21H43NO2. The molecule has 0 radical (unpaired) electrons. The number of aliphatic hydroxyl groups is 1. The molecule has 3 unspecified atom stereocenters. The Kier molecular flexibility index (Phi) is 9.25. The van der Waals surface area contributed by atoms with Crippen molar-refractivity contribution in [3.8, 4) is 0 Å². The van der Waals surface area contributed by atoms with E-state index in [1.165, 1.54) is 19.3 Å². The summed E-state index contributed by atoms with van der Waals surface area (Å²) >= 11 is 0. The largest absolute Gasteiger partial charge is 0.392 e. The van der Waals surface area contributed by atoms with Gasteiger partial charge < -0.3 is 15.2 Å². The molecule has 1 aliphatic carbocycles. The van der Waals surface area contributed by atoms with Gasteiger partial charge in [0.2, 0.25) is 0 Å². The Morgan fingerprint density at radius 2 is 1.83 bits per heavy atom. The predicted molar refractivity (Wildman–Crippen MR) is 103 cm³/mol. The summed E-state index contributed by atoms with van der Waals surface area (Å²) in [6, 6.07) is 0. The summed E-state index contributed by atoms with van der Waals surface area (Å²) in [6.07, 6.45) is 5.71. The minimum absolute atomic E-state index is 0.234. The molecule has 2 N–H and O–H groups in total. The average molecular weight is 342 g/mol. The maximum atomic E-state index is 11.0. The molecule has 0 heterocycles. The lowest BCUT2D eigenvalue weighted by molar-refractivity contribution is -0.149. The molecule has 1 saturated carbocycles. The van der Waals surface area contributed by atoms with Crippen LogP contribution in [0.1, 0.15) is 73.6 Å². The minimum atomic E-state index is -0.253. The molecule has 0 aromatic heterocycles. The highest BCUT2D eigenvalue weighted by Gasteiger charge is 2.46. The predicted octanol–water partition coefficient (Wildman–Crippen LogP) is 4.49. The molecule has 1 fully saturated rings. The van der Waals surface area contributed by atoms with Gasteiger partial charge in [-0.1, -0.05) is 27.7 Å². The lowest BCUT2D eigenvalue weighted by Gasteiger charge is -2.48. The van der Waals surface area contributed by atoms with Crippen molar-refractivity contribution in [2.24, 2.45) is 29.6 Å². The Morgan fingerprint density at radius 3 is 2.42 bits per heavy atom. The van der Waals surface area contributed by atoms with Gasteiger partial charge in [-0.25, -0.2) is 0 Å². The highest BCUT2D eigenvalue weighted by molar-refractivity contribution is 4.95. The average Bonchev–Trinajstić information content (AvgIpc) is 2.46. The van der Waals surface area contributed by atoms with E-state index >= 15 is 0 Å². The van der Waals surface area contributed by atoms with Crippen LogP contribution in [-0.4, -0.2) is 37.0 Å². The second-order valence-electron chi connectivity index (χ2n) is 9.07. The Morgan fingerprint density at radius 1 is 1.17 bits per heavy atom. The standard InChI is InChI=1S/C21H43NO2/c1-15(2)18-11-10-17(4)19(20(18)23)21(5,6)24-14-12-16(3)9-8-13-22-7/h15-20,22-23H,8-14H2,1-7H3/t16?,17-,18+,19?,20?/m1/s1. The topological polar surface area (TPSA) is 41.5 Å². The molecule has 24 heavy (non-hydrogen) atoms. The number of hydrogen-bond donors (Lipinski definition) is 2. The molecule has 0 amide bonds. The van der Waals surface area contributed by atoms with Gasteiger partial charge in [0, 0.05) is 12.5 Å². The third-order valence-corrected chi connectivity index (χ3v) is 6.24. The highest BCUT2D eigenvalue weighted by atomic mass is 16.5. The number of rotatable bonds is 10. The normalized spacial score (nSPS) is 29.9. The molecule has 0 bridgehead atoms. The van der Waals surface area contributed by atoms with Crippen LogP contribution in [0, 0.1) is 29.6 Å². The second kappa shape index (κ2) is 10.1. The molecule has 3 heteroatoms. The van der Waals surface area contributed by atoms with E-state index < -0.39 is 0 Å². The fourth-order valence-electron chi connectivity index (χ4n) is 4.62. The Labute approximate surface area is 150 Å². The van der Waals surface area contributed by atoms with Crippen molar-refractivity contribution in [2.75, 3.05) is 20.2 Å². The summed E-state index contributed by atoms with van der Waals surface area (Å²) in [5, 5.41) is 14.2. The van der Waals surface area contributed by atoms with Gasteiger partial charge in [-0.05, 0) is 83.2 Å². The fraction of sp³-hybridized carbons (Fsp3) is 1.00. The van der Waals surface area contributed by atoms with Crippen LogP contribution in [0.5, 0.6) is 0 Å². The maximum Gasteiger partial charge on any atom is 0.0681 e. The van der Waals surface area contributed by atoms with Gasteiger partial charge in [0.15, 0.2) is 0 Å². The van der Waals surface area contributed by atoms with E-state index in [9.17, 15) is 5.11 Å². The summed E-state index contributed by atoms with van der Waals surface area (Å²) in [5.74, 6) is 2.41. The summed E-state index contributed by atoms with van der Waals surface area (Å²) in [4.78, 5) is 0. The number of nitrogens with one attached hydrogen (secondary N) is 1. The van der Waals surface area contributed by atoms with Gasteiger partial charge >= 0.3 is 0 Å². The molecule has 1 rings (SSSR count). The fourth-order valence-corrected chi connectivity index (χ4v) is 4.62. The van der Waals surface area contributed by atoms with Gasteiger partial charge in [-0.2, -0.15) is 0 Å². The van der Waals surface area contributed by atoms with E-state index in [-0.39, 0.29) is 17.6 Å². The van der Waals surface area contributed by atoms with Crippen molar-refractivity contribution in [3.63, 3.8) is 0 Å². The van der Waals surface area contributed by atoms with E-state index in [4.69, 9.17) is 4.74 Å². The molecule has 5 atom stereocenters. The first-order valence-electron chi connectivity index (χ1n) is 10.2. The SMILES string of the molecule is CNCCCC(C)CCOC(C)(C)C1C(O)[C@H](C(C)C)CC[C@H]1C. The van der Waals surface area contributed by atoms with E-state index in [1.54, 1.807) is 0 Å². The first-order valence-corrected chi connectivity index (χ1v) is 10.2. The van der Waals surface area contributed by atoms with Gasteiger partial charge in [0.25, 0.3) is 0 Å². The molecule has 0 aromatic rings. The van der Waals surface area contributed by atoms with Crippen LogP contribution in [0.25, 0.3) is 0 Å². The van der Waals surface area contributed by atoms with Crippen molar-refractivity contribution >= 4 is 0 Å². The maximum absolute atomic E-state index is 11.0. The molecule has 144 valence electrons. The Hall–Kier alpha value is -0.120. The molecule has 3 nitrogen and oxygen atoms in total. The second-order valence-corrected chi connectivity index (χ2v) is 9.07. The van der Waals surface area contributed by atoms with Gasteiger partial charge in [-0.15, -0.1) is 0 Å². The molecule has 1 aliphatic rings. The summed E-state index contributed by atoms with van der Waals surface area (Å²) in [6.45, 7) is 15.4. The third-order valence-electron chi connectivity index (χ3n) is 6.24. The lowest BCUT2D eigenvalue weighted by Crippen LogP contribution is -2.51. The quantitative estimate of drug-likeness (QED) is 0.575. The van der Waals surface area contributed by atoms with Crippen LogP contribution in [0.3, 0.4) is 0 Å². The molecule has 0 saturated heterocycles. The zero-order valence-corrected chi connectivity index (χ0v) is 17.3. The zero-order chi connectivity index (χ0) is 18.3. The number of ether oxygens (including phenoxy) is 1. The van der Waals surface area contributed by atoms with E-state index in [0.717, 1.165) is 26.0 Å². The number of aliphatic hydroxyl groups excluding tert-OH is 1. The van der Waals surface area contributed by atoms with Crippen molar-refractivity contribution in [3.05, 3.63) is 0 Å². The van der Waals surface area contributed by atoms with Crippen LogP contribution in [0.15, 0.2) is 0 Å².